The fourth-order valence-electron chi connectivity index (χ4n) is 1.58. The van der Waals surface area contributed by atoms with E-state index in [1.165, 1.54) is 20.2 Å². The van der Waals surface area contributed by atoms with Gasteiger partial charge in [-0.25, -0.2) is 17.9 Å². The predicted octanol–water partition coefficient (Wildman–Crippen LogP) is 0.0312. The van der Waals surface area contributed by atoms with Crippen molar-refractivity contribution in [3.8, 4) is 0 Å². The van der Waals surface area contributed by atoms with E-state index in [1.807, 2.05) is 0 Å². The molecule has 9 heteroatoms. The Balaban J connectivity index is 2.77. The molecule has 22 heavy (non-hydrogen) atoms. The van der Waals surface area contributed by atoms with Gasteiger partial charge in [0.2, 0.25) is 10.0 Å². The Kier molecular flexibility index (Phi) is 6.47. The lowest BCUT2D eigenvalue weighted by molar-refractivity contribution is -0.150. The second kappa shape index (κ2) is 7.87. The molecule has 0 unspecified atom stereocenters. The highest BCUT2D eigenvalue weighted by molar-refractivity contribution is 7.89. The molecule has 1 aromatic rings. The maximum Gasteiger partial charge on any atom is 0.332 e. The van der Waals surface area contributed by atoms with E-state index in [0.29, 0.717) is 5.56 Å². The van der Waals surface area contributed by atoms with Crippen molar-refractivity contribution in [3.05, 3.63) is 23.8 Å². The molecular weight excluding hydrogens is 312 g/mol. The first kappa shape index (κ1) is 18.1. The summed E-state index contributed by atoms with van der Waals surface area (Å²) < 4.78 is 35.1. The van der Waals surface area contributed by atoms with E-state index in [1.54, 1.807) is 19.1 Å². The van der Waals surface area contributed by atoms with Gasteiger partial charge >= 0.3 is 5.97 Å². The zero-order valence-electron chi connectivity index (χ0n) is 12.5. The zero-order valence-corrected chi connectivity index (χ0v) is 13.3. The van der Waals surface area contributed by atoms with E-state index >= 15 is 0 Å². The number of hydrogen-bond acceptors (Lipinski definition) is 6. The van der Waals surface area contributed by atoms with E-state index < -0.39 is 28.5 Å². The standard InChI is InChI=1S/C13H18N2O6S/c1-9-4-5-10(6-11(9)22(18,19)14-2)15-12(16)7-21-13(17)8-20-3/h4-6,14H,7-8H2,1-3H3,(H,15,16). The van der Waals surface area contributed by atoms with Crippen LogP contribution in [0.4, 0.5) is 5.69 Å². The highest BCUT2D eigenvalue weighted by atomic mass is 32.2. The number of esters is 1. The van der Waals surface area contributed by atoms with Crippen LogP contribution in [0.15, 0.2) is 23.1 Å². The molecule has 0 heterocycles. The van der Waals surface area contributed by atoms with Gasteiger partial charge in [0.05, 0.1) is 4.90 Å². The number of sulfonamides is 1. The molecule has 0 aromatic heterocycles. The van der Waals surface area contributed by atoms with Gasteiger partial charge in [-0.3, -0.25) is 4.79 Å². The Bertz CT molecular complexity index is 656. The van der Waals surface area contributed by atoms with Crippen molar-refractivity contribution >= 4 is 27.6 Å². The number of anilines is 1. The minimum absolute atomic E-state index is 0.0594. The van der Waals surface area contributed by atoms with Crippen molar-refractivity contribution < 1.29 is 27.5 Å². The van der Waals surface area contributed by atoms with Crippen LogP contribution in [0, 0.1) is 6.92 Å². The Morgan fingerprint density at radius 2 is 1.91 bits per heavy atom. The van der Waals surface area contributed by atoms with Gasteiger partial charge in [0.25, 0.3) is 5.91 Å². The summed E-state index contributed by atoms with van der Waals surface area (Å²) in [6.45, 7) is 0.912. The average molecular weight is 330 g/mol. The molecule has 0 radical (unpaired) electrons. The number of methoxy groups -OCH3 is 1. The Hall–Kier alpha value is -1.97. The van der Waals surface area contributed by atoms with Crippen LogP contribution in [0.2, 0.25) is 0 Å². The van der Waals surface area contributed by atoms with Crippen LogP contribution in [-0.4, -0.2) is 47.7 Å². The number of hydrogen-bond donors (Lipinski definition) is 2. The number of amides is 1. The summed E-state index contributed by atoms with van der Waals surface area (Å²) in [6, 6.07) is 4.45. The number of ether oxygens (including phenoxy) is 2. The lowest BCUT2D eigenvalue weighted by Gasteiger charge is -2.10. The number of carbonyl (C=O) groups excluding carboxylic acids is 2. The maximum absolute atomic E-state index is 11.8. The lowest BCUT2D eigenvalue weighted by Crippen LogP contribution is -2.23. The smallest absolute Gasteiger partial charge is 0.332 e. The van der Waals surface area contributed by atoms with Crippen LogP contribution in [0.1, 0.15) is 5.56 Å². The summed E-state index contributed by atoms with van der Waals surface area (Å²) in [5.74, 6) is -1.25. The lowest BCUT2D eigenvalue weighted by atomic mass is 10.2. The summed E-state index contributed by atoms with van der Waals surface area (Å²) in [6.07, 6.45) is 0. The predicted molar refractivity (Wildman–Crippen MR) is 78.9 cm³/mol. The van der Waals surface area contributed by atoms with Crippen molar-refractivity contribution in [2.75, 3.05) is 32.7 Å². The minimum atomic E-state index is -3.62. The molecule has 1 rings (SSSR count). The van der Waals surface area contributed by atoms with E-state index in [9.17, 15) is 18.0 Å². The third kappa shape index (κ3) is 5.10. The van der Waals surface area contributed by atoms with Crippen molar-refractivity contribution in [3.63, 3.8) is 0 Å². The Labute approximate surface area is 128 Å². The summed E-state index contributed by atoms with van der Waals surface area (Å²) in [5, 5.41) is 2.45. The van der Waals surface area contributed by atoms with Crippen molar-refractivity contribution in [2.24, 2.45) is 0 Å². The first-order valence-electron chi connectivity index (χ1n) is 6.28. The molecule has 0 bridgehead atoms. The summed E-state index contributed by atoms with van der Waals surface area (Å²) >= 11 is 0. The number of nitrogens with one attached hydrogen (secondary N) is 2. The molecule has 0 aliphatic heterocycles. The van der Waals surface area contributed by atoms with E-state index in [2.05, 4.69) is 19.5 Å². The summed E-state index contributed by atoms with van der Waals surface area (Å²) in [4.78, 5) is 22.8. The fraction of sp³-hybridized carbons (Fsp3) is 0.385. The zero-order chi connectivity index (χ0) is 16.8. The number of rotatable bonds is 7. The van der Waals surface area contributed by atoms with Crippen LogP contribution in [-0.2, 0) is 29.1 Å². The van der Waals surface area contributed by atoms with Gasteiger partial charge < -0.3 is 14.8 Å². The molecule has 122 valence electrons. The van der Waals surface area contributed by atoms with E-state index in [0.717, 1.165) is 0 Å². The normalized spacial score (nSPS) is 11.0. The summed E-state index contributed by atoms with van der Waals surface area (Å²) in [5.41, 5.74) is 0.825. The van der Waals surface area contributed by atoms with Crippen LogP contribution < -0.4 is 10.0 Å². The third-order valence-electron chi connectivity index (χ3n) is 2.66. The van der Waals surface area contributed by atoms with Crippen LogP contribution in [0.5, 0.6) is 0 Å². The van der Waals surface area contributed by atoms with Gasteiger partial charge in [0, 0.05) is 12.8 Å². The topological polar surface area (TPSA) is 111 Å². The molecule has 0 atom stereocenters. The second-order valence-electron chi connectivity index (χ2n) is 4.33. The maximum atomic E-state index is 11.8. The van der Waals surface area contributed by atoms with Crippen LogP contribution >= 0.6 is 0 Å². The van der Waals surface area contributed by atoms with Crippen LogP contribution in [0.3, 0.4) is 0 Å². The van der Waals surface area contributed by atoms with Crippen molar-refractivity contribution in [2.45, 2.75) is 11.8 Å². The monoisotopic (exact) mass is 330 g/mol. The SMILES string of the molecule is CNS(=O)(=O)c1cc(NC(=O)COC(=O)COC)ccc1C. The van der Waals surface area contributed by atoms with E-state index in [4.69, 9.17) is 0 Å². The Morgan fingerprint density at radius 3 is 2.50 bits per heavy atom. The highest BCUT2D eigenvalue weighted by Gasteiger charge is 2.16. The molecule has 0 aliphatic rings. The molecule has 0 saturated carbocycles. The van der Waals surface area contributed by atoms with Gasteiger partial charge in [-0.2, -0.15) is 0 Å². The van der Waals surface area contributed by atoms with E-state index in [-0.39, 0.29) is 17.2 Å². The van der Waals surface area contributed by atoms with Gasteiger partial charge in [-0.05, 0) is 31.7 Å². The van der Waals surface area contributed by atoms with Gasteiger partial charge in [0.1, 0.15) is 6.61 Å². The molecule has 1 amide bonds. The van der Waals surface area contributed by atoms with Gasteiger partial charge in [-0.15, -0.1) is 0 Å². The molecule has 0 fully saturated rings. The first-order valence-corrected chi connectivity index (χ1v) is 7.77. The number of aryl methyl sites for hydroxylation is 1. The third-order valence-corrected chi connectivity index (χ3v) is 4.21. The molecule has 0 spiro atoms. The molecule has 8 nitrogen and oxygen atoms in total. The fourth-order valence-corrected chi connectivity index (χ4v) is 2.57. The molecular formula is C13H18N2O6S. The average Bonchev–Trinajstić information content (AvgIpc) is 2.47. The largest absolute Gasteiger partial charge is 0.454 e. The molecule has 2 N–H and O–H groups in total. The quantitative estimate of drug-likeness (QED) is 0.683. The number of benzene rings is 1. The number of carbonyl (C=O) groups is 2. The molecule has 0 aliphatic carbocycles. The van der Waals surface area contributed by atoms with Crippen molar-refractivity contribution in [1.29, 1.82) is 0 Å². The first-order chi connectivity index (χ1) is 10.3. The highest BCUT2D eigenvalue weighted by Crippen LogP contribution is 2.19. The minimum Gasteiger partial charge on any atom is -0.454 e. The Morgan fingerprint density at radius 1 is 1.23 bits per heavy atom. The van der Waals surface area contributed by atoms with Crippen molar-refractivity contribution in [1.82, 2.24) is 4.72 Å². The molecule has 1 aromatic carbocycles. The second-order valence-corrected chi connectivity index (χ2v) is 6.18. The van der Waals surface area contributed by atoms with Crippen LogP contribution in [0.25, 0.3) is 0 Å². The van der Waals surface area contributed by atoms with Gasteiger partial charge in [-0.1, -0.05) is 6.07 Å². The molecule has 0 saturated heterocycles. The van der Waals surface area contributed by atoms with Gasteiger partial charge in [0.15, 0.2) is 6.61 Å². The summed E-state index contributed by atoms with van der Waals surface area (Å²) in [7, 11) is -0.992.